The molecule has 0 saturated carbocycles. The molecule has 3 rings (SSSR count). The molecule has 5 nitrogen and oxygen atoms in total. The van der Waals surface area contributed by atoms with E-state index in [1.165, 1.54) is 0 Å². The van der Waals surface area contributed by atoms with E-state index in [0.717, 1.165) is 9.32 Å². The van der Waals surface area contributed by atoms with Crippen LogP contribution in [0.5, 0.6) is 5.75 Å². The zero-order valence-electron chi connectivity index (χ0n) is 13.9. The Hall–Kier alpha value is -0.410. The van der Waals surface area contributed by atoms with Crippen LogP contribution in [0.3, 0.4) is 0 Å². The van der Waals surface area contributed by atoms with Crippen LogP contribution in [0.2, 0.25) is 0 Å². The fraction of sp³-hybridized carbons (Fsp3) is 0.647. The van der Waals surface area contributed by atoms with Crippen LogP contribution < -0.4 is 10.1 Å². The number of para-hydroxylation sites is 1. The quantitative estimate of drug-likeness (QED) is 0.724. The first-order valence-corrected chi connectivity index (χ1v) is 9.09. The lowest BCUT2D eigenvalue weighted by atomic mass is 10.1. The molecular formula is C17H24INO4. The zero-order valence-corrected chi connectivity index (χ0v) is 16.1. The highest BCUT2D eigenvalue weighted by molar-refractivity contribution is 14.1. The minimum atomic E-state index is -0.642. The fourth-order valence-electron chi connectivity index (χ4n) is 2.89. The Labute approximate surface area is 151 Å². The SMILES string of the molecule is CC(C)NC[C@H]1O[C@@H]2OC(C)(C)O[C@@H]2[C@H]1Oc1ccccc1I. The molecule has 0 aromatic heterocycles. The minimum absolute atomic E-state index is 0.112. The number of ether oxygens (including phenoxy) is 4. The first-order valence-electron chi connectivity index (χ1n) is 8.01. The third kappa shape index (κ3) is 3.99. The molecule has 0 unspecified atom stereocenters. The second-order valence-corrected chi connectivity index (χ2v) is 7.88. The van der Waals surface area contributed by atoms with Gasteiger partial charge in [-0.2, -0.15) is 0 Å². The molecule has 6 heteroatoms. The van der Waals surface area contributed by atoms with Crippen LogP contribution in [0.1, 0.15) is 27.7 Å². The molecule has 23 heavy (non-hydrogen) atoms. The monoisotopic (exact) mass is 433 g/mol. The Balaban J connectivity index is 1.77. The van der Waals surface area contributed by atoms with Crippen LogP contribution in [-0.2, 0) is 14.2 Å². The molecule has 0 radical (unpaired) electrons. The predicted octanol–water partition coefficient (Wildman–Crippen LogP) is 2.91. The van der Waals surface area contributed by atoms with Crippen molar-refractivity contribution in [1.82, 2.24) is 5.32 Å². The van der Waals surface area contributed by atoms with E-state index >= 15 is 0 Å². The molecule has 2 heterocycles. The average Bonchev–Trinajstić information content (AvgIpc) is 2.92. The summed E-state index contributed by atoms with van der Waals surface area (Å²) in [5.74, 6) is 0.210. The van der Waals surface area contributed by atoms with Crippen molar-refractivity contribution in [3.05, 3.63) is 27.8 Å². The number of halogens is 1. The van der Waals surface area contributed by atoms with Gasteiger partial charge in [-0.1, -0.05) is 26.0 Å². The van der Waals surface area contributed by atoms with Gasteiger partial charge in [0.05, 0.1) is 3.57 Å². The third-order valence-corrected chi connectivity index (χ3v) is 4.81. The Morgan fingerprint density at radius 2 is 2.00 bits per heavy atom. The molecule has 2 fully saturated rings. The Morgan fingerprint density at radius 3 is 2.70 bits per heavy atom. The van der Waals surface area contributed by atoms with Gasteiger partial charge in [-0.3, -0.25) is 0 Å². The van der Waals surface area contributed by atoms with E-state index in [1.54, 1.807) is 0 Å². The summed E-state index contributed by atoms with van der Waals surface area (Å²) in [6.45, 7) is 8.73. The van der Waals surface area contributed by atoms with E-state index < -0.39 is 5.79 Å². The van der Waals surface area contributed by atoms with E-state index in [4.69, 9.17) is 18.9 Å². The molecule has 0 aliphatic carbocycles. The van der Waals surface area contributed by atoms with Crippen LogP contribution in [-0.4, -0.2) is 43.0 Å². The summed E-state index contributed by atoms with van der Waals surface area (Å²) in [6.07, 6.45) is -0.918. The summed E-state index contributed by atoms with van der Waals surface area (Å²) >= 11 is 2.28. The molecule has 128 valence electrons. The van der Waals surface area contributed by atoms with Crippen molar-refractivity contribution in [2.45, 2.75) is 64.1 Å². The van der Waals surface area contributed by atoms with Crippen molar-refractivity contribution in [1.29, 1.82) is 0 Å². The first-order chi connectivity index (χ1) is 10.9. The molecule has 1 N–H and O–H groups in total. The number of fused-ring (bicyclic) bond motifs is 1. The van der Waals surface area contributed by atoms with E-state index in [0.29, 0.717) is 12.6 Å². The summed E-state index contributed by atoms with van der Waals surface area (Å²) in [4.78, 5) is 0. The summed E-state index contributed by atoms with van der Waals surface area (Å²) < 4.78 is 25.3. The fourth-order valence-corrected chi connectivity index (χ4v) is 3.41. The number of benzene rings is 1. The molecule has 1 aromatic rings. The molecular weight excluding hydrogens is 409 g/mol. The van der Waals surface area contributed by atoms with Crippen molar-refractivity contribution in [2.75, 3.05) is 6.54 Å². The Morgan fingerprint density at radius 1 is 1.26 bits per heavy atom. The lowest BCUT2D eigenvalue weighted by molar-refractivity contribution is -0.212. The summed E-state index contributed by atoms with van der Waals surface area (Å²) in [6, 6.07) is 8.36. The largest absolute Gasteiger partial charge is 0.484 e. The summed E-state index contributed by atoms with van der Waals surface area (Å²) in [7, 11) is 0. The molecule has 2 aliphatic rings. The molecule has 2 aliphatic heterocycles. The second kappa shape index (κ2) is 6.84. The van der Waals surface area contributed by atoms with Crippen molar-refractivity contribution in [3.8, 4) is 5.75 Å². The van der Waals surface area contributed by atoms with Gasteiger partial charge in [-0.25, -0.2) is 0 Å². The van der Waals surface area contributed by atoms with Gasteiger partial charge in [0.25, 0.3) is 0 Å². The van der Waals surface area contributed by atoms with Gasteiger partial charge in [0.2, 0.25) is 0 Å². The molecule has 0 bridgehead atoms. The smallest absolute Gasteiger partial charge is 0.191 e. The van der Waals surface area contributed by atoms with Crippen molar-refractivity contribution >= 4 is 22.6 Å². The minimum Gasteiger partial charge on any atom is -0.484 e. The van der Waals surface area contributed by atoms with Gasteiger partial charge in [-0.15, -0.1) is 0 Å². The van der Waals surface area contributed by atoms with Crippen LogP contribution in [0.15, 0.2) is 24.3 Å². The molecule has 4 atom stereocenters. The number of rotatable bonds is 5. The third-order valence-electron chi connectivity index (χ3n) is 3.91. The number of hydrogen-bond donors (Lipinski definition) is 1. The van der Waals surface area contributed by atoms with Gasteiger partial charge in [0, 0.05) is 12.6 Å². The van der Waals surface area contributed by atoms with E-state index in [-0.39, 0.29) is 24.6 Å². The Bertz CT molecular complexity index is 551. The molecule has 0 spiro atoms. The zero-order chi connectivity index (χ0) is 16.6. The first kappa shape index (κ1) is 17.4. The highest BCUT2D eigenvalue weighted by Crippen LogP contribution is 2.39. The van der Waals surface area contributed by atoms with Crippen LogP contribution in [0.4, 0.5) is 0 Å². The van der Waals surface area contributed by atoms with E-state index in [1.807, 2.05) is 38.1 Å². The van der Waals surface area contributed by atoms with E-state index in [2.05, 4.69) is 41.8 Å². The normalized spacial score (nSPS) is 32.3. The maximum Gasteiger partial charge on any atom is 0.191 e. The lowest BCUT2D eigenvalue weighted by Gasteiger charge is -2.27. The number of nitrogens with one attached hydrogen (secondary N) is 1. The van der Waals surface area contributed by atoms with Crippen molar-refractivity contribution in [2.24, 2.45) is 0 Å². The summed E-state index contributed by atoms with van der Waals surface area (Å²) in [5.41, 5.74) is 0. The van der Waals surface area contributed by atoms with Gasteiger partial charge < -0.3 is 24.3 Å². The molecule has 2 saturated heterocycles. The second-order valence-electron chi connectivity index (χ2n) is 6.72. The van der Waals surface area contributed by atoms with Gasteiger partial charge in [0.1, 0.15) is 11.9 Å². The van der Waals surface area contributed by atoms with Gasteiger partial charge >= 0.3 is 0 Å². The maximum absolute atomic E-state index is 6.28. The number of hydrogen-bond acceptors (Lipinski definition) is 5. The highest BCUT2D eigenvalue weighted by atomic mass is 127. The maximum atomic E-state index is 6.28. The van der Waals surface area contributed by atoms with Gasteiger partial charge in [0.15, 0.2) is 24.3 Å². The van der Waals surface area contributed by atoms with E-state index in [9.17, 15) is 0 Å². The lowest BCUT2D eigenvalue weighted by Crippen LogP contribution is -2.44. The molecule has 1 aromatic carbocycles. The average molecular weight is 433 g/mol. The summed E-state index contributed by atoms with van der Waals surface area (Å²) in [5, 5.41) is 3.41. The van der Waals surface area contributed by atoms with Crippen LogP contribution >= 0.6 is 22.6 Å². The van der Waals surface area contributed by atoms with Gasteiger partial charge in [-0.05, 0) is 48.6 Å². The topological polar surface area (TPSA) is 49.0 Å². The van der Waals surface area contributed by atoms with Crippen LogP contribution in [0.25, 0.3) is 0 Å². The Kier molecular flexibility index (Phi) is 5.18. The standard InChI is InChI=1S/C17H24INO4/c1-10(2)19-9-13-14(20-12-8-6-5-7-11(12)18)15-16(21-13)23-17(3,4)22-15/h5-8,10,13-16,19H,9H2,1-4H3/t13-,14+,15-,16-/m1/s1. The van der Waals surface area contributed by atoms with Crippen molar-refractivity contribution < 1.29 is 18.9 Å². The highest BCUT2D eigenvalue weighted by Gasteiger charge is 2.56. The molecule has 0 amide bonds. The van der Waals surface area contributed by atoms with Crippen LogP contribution in [0, 0.1) is 3.57 Å². The van der Waals surface area contributed by atoms with Crippen molar-refractivity contribution in [3.63, 3.8) is 0 Å². The predicted molar refractivity (Wildman–Crippen MR) is 95.4 cm³/mol.